The second-order valence-corrected chi connectivity index (χ2v) is 5.81. The minimum absolute atomic E-state index is 0.0157. The lowest BCUT2D eigenvalue weighted by atomic mass is 10.0. The van der Waals surface area contributed by atoms with Crippen LogP contribution in [0.4, 0.5) is 5.69 Å². The first kappa shape index (κ1) is 14.5. The fraction of sp³-hybridized carbons (Fsp3) is 0.100. The van der Waals surface area contributed by atoms with Crippen molar-refractivity contribution in [2.75, 3.05) is 12.4 Å². The molecule has 0 amide bonds. The van der Waals surface area contributed by atoms with E-state index in [0.29, 0.717) is 0 Å². The number of fused-ring (bicyclic) bond motifs is 3. The average Bonchev–Trinajstić information content (AvgIpc) is 2.94. The Balaban J connectivity index is 2.10. The summed E-state index contributed by atoms with van der Waals surface area (Å²) in [6, 6.07) is 13.8. The van der Waals surface area contributed by atoms with E-state index in [0.717, 1.165) is 39.2 Å². The molecule has 0 atom stereocenters. The molecule has 0 saturated heterocycles. The van der Waals surface area contributed by atoms with Crippen molar-refractivity contribution in [1.29, 1.82) is 0 Å². The number of benzene rings is 1. The Kier molecular flexibility index (Phi) is 3.31. The molecule has 0 aliphatic heterocycles. The molecule has 2 heterocycles. The summed E-state index contributed by atoms with van der Waals surface area (Å²) in [5, 5.41) is 3.18. The lowest BCUT2D eigenvalue weighted by molar-refractivity contribution is 0.871. The summed E-state index contributed by atoms with van der Waals surface area (Å²) in [5.74, 6) is 0. The zero-order valence-electron chi connectivity index (χ0n) is 13.6. The maximum atomic E-state index is 12.3. The predicted molar refractivity (Wildman–Crippen MR) is 97.9 cm³/mol. The molecule has 1 N–H and O–H groups in total. The van der Waals surface area contributed by atoms with Crippen LogP contribution in [0.1, 0.15) is 16.7 Å². The number of hydrogen-bond acceptors (Lipinski definition) is 3. The first-order valence-electron chi connectivity index (χ1n) is 7.84. The van der Waals surface area contributed by atoms with Gasteiger partial charge in [0.1, 0.15) is 0 Å². The van der Waals surface area contributed by atoms with E-state index in [1.807, 2.05) is 38.4 Å². The molecule has 24 heavy (non-hydrogen) atoms. The molecule has 0 fully saturated rings. The van der Waals surface area contributed by atoms with Gasteiger partial charge < -0.3 is 9.88 Å². The molecule has 1 aliphatic carbocycles. The van der Waals surface area contributed by atoms with E-state index in [1.54, 1.807) is 23.0 Å². The second-order valence-electron chi connectivity index (χ2n) is 5.81. The molecule has 0 spiro atoms. The third kappa shape index (κ3) is 2.07. The first-order chi connectivity index (χ1) is 11.7. The third-order valence-corrected chi connectivity index (χ3v) is 4.47. The van der Waals surface area contributed by atoms with Crippen LogP contribution >= 0.6 is 0 Å². The van der Waals surface area contributed by atoms with Crippen molar-refractivity contribution in [2.45, 2.75) is 0 Å². The monoisotopic (exact) mass is 315 g/mol. The number of nitrogens with one attached hydrogen (secondary N) is 1. The number of pyridine rings is 2. The number of aromatic nitrogens is 2. The summed E-state index contributed by atoms with van der Waals surface area (Å²) < 4.78 is 1.72. The highest BCUT2D eigenvalue weighted by molar-refractivity contribution is 6.08. The molecule has 0 bridgehead atoms. The molecular weight excluding hydrogens is 298 g/mol. The fourth-order valence-corrected chi connectivity index (χ4v) is 3.32. The van der Waals surface area contributed by atoms with Gasteiger partial charge in [-0.15, -0.1) is 0 Å². The smallest absolute Gasteiger partial charge is 0.252 e. The van der Waals surface area contributed by atoms with E-state index < -0.39 is 0 Å². The van der Waals surface area contributed by atoms with Gasteiger partial charge in [0.25, 0.3) is 5.56 Å². The highest BCUT2D eigenvalue weighted by Crippen LogP contribution is 2.47. The van der Waals surface area contributed by atoms with E-state index in [9.17, 15) is 4.79 Å². The SMILES string of the molecule is CNc1cc(=O)n(C)c2c1/C(=C/c1ccncc1)c1ccccc1-2. The highest BCUT2D eigenvalue weighted by Gasteiger charge is 2.28. The van der Waals surface area contributed by atoms with Crippen molar-refractivity contribution in [2.24, 2.45) is 7.05 Å². The second kappa shape index (κ2) is 5.49. The molecule has 0 unspecified atom stereocenters. The van der Waals surface area contributed by atoms with E-state index in [4.69, 9.17) is 0 Å². The van der Waals surface area contributed by atoms with Crippen LogP contribution in [0.2, 0.25) is 0 Å². The topological polar surface area (TPSA) is 46.9 Å². The molecule has 3 aromatic rings. The lowest BCUT2D eigenvalue weighted by Gasteiger charge is -2.13. The molecular formula is C20H17N3O. The Morgan fingerprint density at radius 2 is 1.79 bits per heavy atom. The molecule has 2 aromatic heterocycles. The van der Waals surface area contributed by atoms with Crippen molar-refractivity contribution in [3.8, 4) is 11.3 Å². The number of hydrogen-bond donors (Lipinski definition) is 1. The van der Waals surface area contributed by atoms with Crippen LogP contribution < -0.4 is 10.9 Å². The zero-order valence-corrected chi connectivity index (χ0v) is 13.6. The molecule has 4 rings (SSSR count). The Labute approximate surface area is 140 Å². The van der Waals surface area contributed by atoms with Crippen LogP contribution in [-0.4, -0.2) is 16.6 Å². The van der Waals surface area contributed by atoms with E-state index in [1.165, 1.54) is 0 Å². The summed E-state index contributed by atoms with van der Waals surface area (Å²) in [4.78, 5) is 16.4. The number of nitrogens with zero attached hydrogens (tertiary/aromatic N) is 2. The first-order valence-corrected chi connectivity index (χ1v) is 7.84. The Morgan fingerprint density at radius 3 is 2.50 bits per heavy atom. The van der Waals surface area contributed by atoms with Crippen molar-refractivity contribution in [3.05, 3.63) is 81.9 Å². The van der Waals surface area contributed by atoms with E-state index in [2.05, 4.69) is 28.5 Å². The van der Waals surface area contributed by atoms with Gasteiger partial charge in [0.05, 0.1) is 5.69 Å². The number of rotatable bonds is 2. The molecule has 0 saturated carbocycles. The van der Waals surface area contributed by atoms with Crippen LogP contribution in [-0.2, 0) is 7.05 Å². The van der Waals surface area contributed by atoms with Crippen molar-refractivity contribution < 1.29 is 0 Å². The van der Waals surface area contributed by atoms with Gasteiger partial charge in [-0.3, -0.25) is 9.78 Å². The third-order valence-electron chi connectivity index (χ3n) is 4.47. The van der Waals surface area contributed by atoms with Gasteiger partial charge in [0.15, 0.2) is 0 Å². The molecule has 1 aliphatic rings. The van der Waals surface area contributed by atoms with Crippen LogP contribution in [0, 0.1) is 0 Å². The van der Waals surface area contributed by atoms with Crippen molar-refractivity contribution in [1.82, 2.24) is 9.55 Å². The summed E-state index contributed by atoms with van der Waals surface area (Å²) in [5.41, 5.74) is 7.29. The number of anilines is 1. The van der Waals surface area contributed by atoms with Crippen molar-refractivity contribution >= 4 is 17.3 Å². The van der Waals surface area contributed by atoms with Gasteiger partial charge in [-0.25, -0.2) is 0 Å². The zero-order chi connectivity index (χ0) is 16.7. The van der Waals surface area contributed by atoms with Gasteiger partial charge in [0, 0.05) is 49.4 Å². The summed E-state index contributed by atoms with van der Waals surface area (Å²) in [7, 11) is 3.68. The van der Waals surface area contributed by atoms with Gasteiger partial charge in [-0.05, 0) is 34.9 Å². The van der Waals surface area contributed by atoms with Crippen LogP contribution in [0.25, 0.3) is 22.9 Å². The quantitative estimate of drug-likeness (QED) is 0.617. The van der Waals surface area contributed by atoms with Gasteiger partial charge in [0.2, 0.25) is 0 Å². The Bertz CT molecular complexity index is 1020. The molecule has 1 aromatic carbocycles. The van der Waals surface area contributed by atoms with Crippen LogP contribution in [0.5, 0.6) is 0 Å². The molecule has 4 heteroatoms. The van der Waals surface area contributed by atoms with Crippen LogP contribution in [0.15, 0.2) is 59.7 Å². The molecule has 118 valence electrons. The lowest BCUT2D eigenvalue weighted by Crippen LogP contribution is -2.19. The molecule has 0 radical (unpaired) electrons. The summed E-state index contributed by atoms with van der Waals surface area (Å²) in [6.45, 7) is 0. The van der Waals surface area contributed by atoms with Crippen molar-refractivity contribution in [3.63, 3.8) is 0 Å². The fourth-order valence-electron chi connectivity index (χ4n) is 3.32. The predicted octanol–water partition coefficient (Wildman–Crippen LogP) is 3.39. The molecule has 4 nitrogen and oxygen atoms in total. The summed E-state index contributed by atoms with van der Waals surface area (Å²) >= 11 is 0. The minimum Gasteiger partial charge on any atom is -0.387 e. The largest absolute Gasteiger partial charge is 0.387 e. The minimum atomic E-state index is -0.0157. The van der Waals surface area contributed by atoms with Gasteiger partial charge in [-0.2, -0.15) is 0 Å². The summed E-state index contributed by atoms with van der Waals surface area (Å²) in [6.07, 6.45) is 5.72. The van der Waals surface area contributed by atoms with E-state index in [-0.39, 0.29) is 5.56 Å². The maximum absolute atomic E-state index is 12.3. The maximum Gasteiger partial charge on any atom is 0.252 e. The van der Waals surface area contributed by atoms with E-state index >= 15 is 0 Å². The normalized spacial score (nSPS) is 13.7. The Hall–Kier alpha value is -3.14. The average molecular weight is 315 g/mol. The van der Waals surface area contributed by atoms with Gasteiger partial charge >= 0.3 is 0 Å². The van der Waals surface area contributed by atoms with Gasteiger partial charge in [-0.1, -0.05) is 24.3 Å². The van der Waals surface area contributed by atoms with Crippen LogP contribution in [0.3, 0.4) is 0 Å². The Morgan fingerprint density at radius 1 is 1.08 bits per heavy atom. The highest BCUT2D eigenvalue weighted by atomic mass is 16.1. The standard InChI is InChI=1S/C20H17N3O/c1-21-17-12-18(24)23(2)20-15-6-4-3-5-14(15)16(19(17)20)11-13-7-9-22-10-8-13/h3-12,21H,1-2H3/b16-11+.